The normalized spacial score (nSPS) is 14.9. The topological polar surface area (TPSA) is 95.9 Å². The van der Waals surface area contributed by atoms with Crippen molar-refractivity contribution in [3.8, 4) is 5.75 Å². The van der Waals surface area contributed by atoms with Gasteiger partial charge in [-0.3, -0.25) is 4.79 Å². The lowest BCUT2D eigenvalue weighted by atomic mass is 10.0. The Morgan fingerprint density at radius 2 is 1.91 bits per heavy atom. The summed E-state index contributed by atoms with van der Waals surface area (Å²) in [6.45, 7) is 8.33. The number of amides is 1. The fraction of sp³-hybridized carbons (Fsp3) is 0.529. The van der Waals surface area contributed by atoms with Crippen molar-refractivity contribution in [3.63, 3.8) is 0 Å². The minimum absolute atomic E-state index is 0.341. The first-order valence-electron chi connectivity index (χ1n) is 7.55. The summed E-state index contributed by atoms with van der Waals surface area (Å²) in [7, 11) is 0. The number of hydrogen-bond donors (Lipinski definition) is 3. The van der Waals surface area contributed by atoms with E-state index < -0.39 is 23.6 Å². The maximum Gasteiger partial charge on any atom is 0.337 e. The number of ether oxygens (including phenoxy) is 1. The fourth-order valence-electron chi connectivity index (χ4n) is 1.83. The van der Waals surface area contributed by atoms with E-state index in [0.29, 0.717) is 11.7 Å². The number of aliphatic carboxylic acids is 1. The first kappa shape index (κ1) is 19.0. The molecule has 0 saturated carbocycles. The second-order valence-electron chi connectivity index (χ2n) is 6.24. The van der Waals surface area contributed by atoms with Crippen LogP contribution in [0, 0.1) is 6.92 Å². The maximum absolute atomic E-state index is 12.0. The number of rotatable bonds is 7. The Labute approximate surface area is 136 Å². The van der Waals surface area contributed by atoms with Crippen LogP contribution in [0.1, 0.15) is 44.7 Å². The van der Waals surface area contributed by atoms with Crippen molar-refractivity contribution in [2.75, 3.05) is 6.54 Å². The van der Waals surface area contributed by atoms with Crippen LogP contribution in [-0.2, 0) is 9.59 Å². The Morgan fingerprint density at radius 1 is 1.30 bits per heavy atom. The number of carbonyl (C=O) groups excluding carboxylic acids is 1. The molecular weight excluding hydrogens is 298 g/mol. The number of aryl methyl sites for hydroxylation is 1. The summed E-state index contributed by atoms with van der Waals surface area (Å²) in [5.41, 5.74) is 0.00154. The summed E-state index contributed by atoms with van der Waals surface area (Å²) < 4.78 is 5.68. The third kappa shape index (κ3) is 5.25. The molecule has 23 heavy (non-hydrogen) atoms. The molecule has 2 unspecified atom stereocenters. The molecule has 0 fully saturated rings. The van der Waals surface area contributed by atoms with Crippen molar-refractivity contribution in [1.29, 1.82) is 0 Å². The number of nitrogens with one attached hydrogen (secondary N) is 1. The number of benzene rings is 1. The summed E-state index contributed by atoms with van der Waals surface area (Å²) in [6.07, 6.45) is -0.805. The van der Waals surface area contributed by atoms with Crippen molar-refractivity contribution in [2.45, 2.75) is 52.2 Å². The molecule has 1 rings (SSSR count). The Kier molecular flexibility index (Phi) is 6.15. The van der Waals surface area contributed by atoms with Gasteiger partial charge in [-0.05, 0) is 43.9 Å². The van der Waals surface area contributed by atoms with Gasteiger partial charge < -0.3 is 20.3 Å². The average molecular weight is 323 g/mol. The molecule has 6 nitrogen and oxygen atoms in total. The van der Waals surface area contributed by atoms with E-state index >= 15 is 0 Å². The summed E-state index contributed by atoms with van der Waals surface area (Å²) in [4.78, 5) is 22.8. The molecule has 3 N–H and O–H groups in total. The van der Waals surface area contributed by atoms with Crippen LogP contribution in [0.2, 0.25) is 0 Å². The molecule has 1 amide bonds. The molecule has 0 aliphatic rings. The molecule has 0 aliphatic heterocycles. The highest BCUT2D eigenvalue weighted by molar-refractivity contribution is 5.82. The fourth-order valence-corrected chi connectivity index (χ4v) is 1.83. The van der Waals surface area contributed by atoms with E-state index in [1.165, 1.54) is 0 Å². The second-order valence-corrected chi connectivity index (χ2v) is 6.24. The monoisotopic (exact) mass is 323 g/mol. The Balaban J connectivity index is 2.72. The second kappa shape index (κ2) is 7.46. The quantitative estimate of drug-likeness (QED) is 0.711. The zero-order chi connectivity index (χ0) is 17.8. The number of hydrogen-bond acceptors (Lipinski definition) is 4. The third-order valence-corrected chi connectivity index (χ3v) is 3.62. The smallest absolute Gasteiger partial charge is 0.337 e. The zero-order valence-electron chi connectivity index (χ0n) is 14.2. The standard InChI is InChI=1S/C17H25NO5/c1-10(2)13-7-6-11(3)14(8-13)23-12(4)15(19)18-9-17(5,22)16(20)21/h6-8,10,12,22H,9H2,1-5H3,(H,18,19)(H,20,21). The largest absolute Gasteiger partial charge is 0.481 e. The molecule has 0 aromatic heterocycles. The minimum atomic E-state index is -2.01. The van der Waals surface area contributed by atoms with Gasteiger partial charge in [-0.1, -0.05) is 26.0 Å². The average Bonchev–Trinajstić information content (AvgIpc) is 2.46. The van der Waals surface area contributed by atoms with E-state index in [0.717, 1.165) is 18.1 Å². The highest BCUT2D eigenvalue weighted by atomic mass is 16.5. The van der Waals surface area contributed by atoms with E-state index in [-0.39, 0.29) is 6.54 Å². The minimum Gasteiger partial charge on any atom is -0.481 e. The van der Waals surface area contributed by atoms with E-state index in [1.807, 2.05) is 25.1 Å². The third-order valence-electron chi connectivity index (χ3n) is 3.62. The molecule has 2 atom stereocenters. The molecule has 0 spiro atoms. The number of carboxylic acids is 1. The maximum atomic E-state index is 12.0. The lowest BCUT2D eigenvalue weighted by Crippen LogP contribution is -2.49. The van der Waals surface area contributed by atoms with Crippen LogP contribution in [0.25, 0.3) is 0 Å². The van der Waals surface area contributed by atoms with E-state index in [2.05, 4.69) is 19.2 Å². The van der Waals surface area contributed by atoms with Gasteiger partial charge in [0.1, 0.15) is 5.75 Å². The molecule has 1 aromatic carbocycles. The Morgan fingerprint density at radius 3 is 2.43 bits per heavy atom. The van der Waals surface area contributed by atoms with Crippen LogP contribution in [0.5, 0.6) is 5.75 Å². The first-order valence-corrected chi connectivity index (χ1v) is 7.55. The van der Waals surface area contributed by atoms with Crippen LogP contribution in [0.4, 0.5) is 0 Å². The molecular formula is C17H25NO5. The van der Waals surface area contributed by atoms with Gasteiger partial charge in [0.05, 0.1) is 6.54 Å². The molecule has 0 saturated heterocycles. The van der Waals surface area contributed by atoms with Crippen molar-refractivity contribution >= 4 is 11.9 Å². The van der Waals surface area contributed by atoms with Crippen LogP contribution >= 0.6 is 0 Å². The number of carboxylic acid groups (broad SMARTS) is 1. The Hall–Kier alpha value is -2.08. The molecule has 0 radical (unpaired) electrons. The molecule has 1 aromatic rings. The summed E-state index contributed by atoms with van der Waals surface area (Å²) in [6, 6.07) is 5.85. The van der Waals surface area contributed by atoms with Gasteiger partial charge in [0.15, 0.2) is 11.7 Å². The van der Waals surface area contributed by atoms with Crippen molar-refractivity contribution < 1.29 is 24.5 Å². The van der Waals surface area contributed by atoms with Gasteiger partial charge in [-0.15, -0.1) is 0 Å². The van der Waals surface area contributed by atoms with Crippen molar-refractivity contribution in [3.05, 3.63) is 29.3 Å². The van der Waals surface area contributed by atoms with Crippen molar-refractivity contribution in [1.82, 2.24) is 5.32 Å². The highest BCUT2D eigenvalue weighted by Crippen LogP contribution is 2.25. The summed E-state index contributed by atoms with van der Waals surface area (Å²) >= 11 is 0. The molecule has 128 valence electrons. The number of carbonyl (C=O) groups is 2. The van der Waals surface area contributed by atoms with Crippen LogP contribution in [-0.4, -0.2) is 40.3 Å². The van der Waals surface area contributed by atoms with E-state index in [1.54, 1.807) is 6.92 Å². The Bertz CT molecular complexity index is 580. The first-order chi connectivity index (χ1) is 10.5. The van der Waals surface area contributed by atoms with Crippen molar-refractivity contribution in [2.24, 2.45) is 0 Å². The van der Waals surface area contributed by atoms with Gasteiger partial charge in [-0.25, -0.2) is 4.79 Å². The SMILES string of the molecule is Cc1ccc(C(C)C)cc1OC(C)C(=O)NCC(C)(O)C(=O)O. The highest BCUT2D eigenvalue weighted by Gasteiger charge is 2.31. The number of aliphatic hydroxyl groups is 1. The van der Waals surface area contributed by atoms with Gasteiger partial charge in [0, 0.05) is 0 Å². The van der Waals surface area contributed by atoms with Crippen LogP contribution < -0.4 is 10.1 Å². The van der Waals surface area contributed by atoms with E-state index in [9.17, 15) is 14.7 Å². The van der Waals surface area contributed by atoms with Gasteiger partial charge in [-0.2, -0.15) is 0 Å². The van der Waals surface area contributed by atoms with Crippen LogP contribution in [0.15, 0.2) is 18.2 Å². The van der Waals surface area contributed by atoms with E-state index in [4.69, 9.17) is 9.84 Å². The predicted octanol–water partition coefficient (Wildman–Crippen LogP) is 1.84. The molecule has 0 aliphatic carbocycles. The molecule has 0 bridgehead atoms. The summed E-state index contributed by atoms with van der Waals surface area (Å²) in [5.74, 6) is -0.927. The van der Waals surface area contributed by atoms with Gasteiger partial charge >= 0.3 is 5.97 Å². The summed E-state index contributed by atoms with van der Waals surface area (Å²) in [5, 5.41) is 20.8. The molecule has 6 heteroatoms. The zero-order valence-corrected chi connectivity index (χ0v) is 14.2. The van der Waals surface area contributed by atoms with Crippen LogP contribution in [0.3, 0.4) is 0 Å². The van der Waals surface area contributed by atoms with Gasteiger partial charge in [0.2, 0.25) is 0 Å². The lowest BCUT2D eigenvalue weighted by Gasteiger charge is -2.21. The predicted molar refractivity (Wildman–Crippen MR) is 86.6 cm³/mol. The van der Waals surface area contributed by atoms with Gasteiger partial charge in [0.25, 0.3) is 5.91 Å². The molecule has 0 heterocycles. The lowest BCUT2D eigenvalue weighted by molar-refractivity contribution is -0.156.